The molecule has 2 aromatic rings. The van der Waals surface area contributed by atoms with Crippen LogP contribution in [0.1, 0.15) is 5.76 Å². The van der Waals surface area contributed by atoms with Crippen molar-refractivity contribution < 1.29 is 22.0 Å². The minimum Gasteiger partial charge on any atom is -0.465 e. The molecular weight excluding hydrogens is 337 g/mol. The predicted octanol–water partition coefficient (Wildman–Crippen LogP) is 2.20. The lowest BCUT2D eigenvalue weighted by Gasteiger charge is -2.13. The van der Waals surface area contributed by atoms with Gasteiger partial charge in [-0.1, -0.05) is 0 Å². The van der Waals surface area contributed by atoms with Crippen LogP contribution in [0.15, 0.2) is 41.0 Å². The molecule has 0 atom stereocenters. The summed E-state index contributed by atoms with van der Waals surface area (Å²) >= 11 is 0. The Morgan fingerprint density at radius 1 is 1.25 bits per heavy atom. The fourth-order valence-corrected chi connectivity index (χ4v) is 3.46. The quantitative estimate of drug-likeness (QED) is 0.860. The van der Waals surface area contributed by atoms with Gasteiger partial charge in [-0.15, -0.1) is 0 Å². The number of hydrogen-bond donors (Lipinski definition) is 1. The Labute approximate surface area is 138 Å². The molecule has 0 saturated carbocycles. The van der Waals surface area contributed by atoms with Crippen molar-refractivity contribution in [2.24, 2.45) is 0 Å². The lowest BCUT2D eigenvalue weighted by Crippen LogP contribution is -2.32. The molecule has 0 unspecified atom stereocenters. The molecule has 126 valence electrons. The van der Waals surface area contributed by atoms with Crippen LogP contribution in [0.2, 0.25) is 0 Å². The second-order valence-corrected chi connectivity index (χ2v) is 7.09. The number of amides is 1. The molecule has 1 amide bonds. The average Bonchev–Trinajstić information content (AvgIpc) is 3.10. The van der Waals surface area contributed by atoms with E-state index >= 15 is 0 Å². The van der Waals surface area contributed by atoms with E-state index in [0.29, 0.717) is 5.76 Å². The van der Waals surface area contributed by atoms with Gasteiger partial charge in [-0.3, -0.25) is 13.4 Å². The van der Waals surface area contributed by atoms with Crippen LogP contribution in [-0.4, -0.2) is 28.4 Å². The summed E-state index contributed by atoms with van der Waals surface area (Å²) < 4.78 is 45.3. The maximum absolute atomic E-state index is 14.2. The number of halogens is 1. The van der Waals surface area contributed by atoms with Crippen molar-refractivity contribution in [1.29, 1.82) is 0 Å². The fourth-order valence-electron chi connectivity index (χ4n) is 2.30. The molecule has 0 bridgehead atoms. The third-order valence-electron chi connectivity index (χ3n) is 3.63. The molecule has 1 N–H and O–H groups in total. The SMILES string of the molecule is CN1c2cc(F)c(NC(=O)/C=C/c3ccco3)cc2N(C)S1(=O)=O. The van der Waals surface area contributed by atoms with Crippen molar-refractivity contribution >= 4 is 39.3 Å². The van der Waals surface area contributed by atoms with Gasteiger partial charge in [-0.05, 0) is 24.3 Å². The first-order valence-electron chi connectivity index (χ1n) is 6.89. The van der Waals surface area contributed by atoms with E-state index in [9.17, 15) is 17.6 Å². The van der Waals surface area contributed by atoms with Crippen molar-refractivity contribution in [2.45, 2.75) is 0 Å². The van der Waals surface area contributed by atoms with E-state index in [1.54, 1.807) is 12.1 Å². The number of nitrogens with one attached hydrogen (secondary N) is 1. The fraction of sp³-hybridized carbons (Fsp3) is 0.133. The van der Waals surface area contributed by atoms with Crippen LogP contribution < -0.4 is 13.9 Å². The molecule has 0 spiro atoms. The van der Waals surface area contributed by atoms with Crippen LogP contribution in [0, 0.1) is 5.82 Å². The molecule has 0 fully saturated rings. The third kappa shape index (κ3) is 2.62. The maximum Gasteiger partial charge on any atom is 0.326 e. The van der Waals surface area contributed by atoms with Gasteiger partial charge in [0.15, 0.2) is 0 Å². The van der Waals surface area contributed by atoms with Gasteiger partial charge in [-0.25, -0.2) is 4.39 Å². The van der Waals surface area contributed by atoms with Crippen LogP contribution in [0.5, 0.6) is 0 Å². The highest BCUT2D eigenvalue weighted by atomic mass is 32.2. The first-order valence-corrected chi connectivity index (χ1v) is 8.29. The monoisotopic (exact) mass is 351 g/mol. The highest BCUT2D eigenvalue weighted by Gasteiger charge is 2.36. The van der Waals surface area contributed by atoms with E-state index in [1.165, 1.54) is 38.6 Å². The second kappa shape index (κ2) is 5.68. The Balaban J connectivity index is 1.86. The number of nitrogens with zero attached hydrogens (tertiary/aromatic N) is 2. The summed E-state index contributed by atoms with van der Waals surface area (Å²) in [6.45, 7) is 0. The van der Waals surface area contributed by atoms with Crippen molar-refractivity contribution in [2.75, 3.05) is 28.0 Å². The predicted molar refractivity (Wildman–Crippen MR) is 88.5 cm³/mol. The zero-order valence-electron chi connectivity index (χ0n) is 12.9. The van der Waals surface area contributed by atoms with Crippen LogP contribution in [0.25, 0.3) is 6.08 Å². The lowest BCUT2D eigenvalue weighted by molar-refractivity contribution is -0.111. The topological polar surface area (TPSA) is 82.9 Å². The number of carbonyl (C=O) groups is 1. The highest BCUT2D eigenvalue weighted by molar-refractivity contribution is 7.94. The smallest absolute Gasteiger partial charge is 0.326 e. The van der Waals surface area contributed by atoms with Crippen LogP contribution in [0.4, 0.5) is 21.5 Å². The van der Waals surface area contributed by atoms with E-state index in [2.05, 4.69) is 5.32 Å². The molecule has 1 aromatic carbocycles. The Kier molecular flexibility index (Phi) is 3.80. The molecule has 24 heavy (non-hydrogen) atoms. The Morgan fingerprint density at radius 3 is 2.54 bits per heavy atom. The lowest BCUT2D eigenvalue weighted by atomic mass is 10.2. The van der Waals surface area contributed by atoms with Crippen molar-refractivity contribution in [3.63, 3.8) is 0 Å². The van der Waals surface area contributed by atoms with Crippen molar-refractivity contribution in [3.8, 4) is 0 Å². The molecule has 0 saturated heterocycles. The first-order chi connectivity index (χ1) is 11.3. The number of furan rings is 1. The van der Waals surface area contributed by atoms with Crippen molar-refractivity contribution in [3.05, 3.63) is 48.2 Å². The van der Waals surface area contributed by atoms with Crippen LogP contribution in [-0.2, 0) is 15.0 Å². The van der Waals surface area contributed by atoms with Crippen LogP contribution >= 0.6 is 0 Å². The molecule has 1 aliphatic heterocycles. The summed E-state index contributed by atoms with van der Waals surface area (Å²) in [6, 6.07) is 5.69. The van der Waals surface area contributed by atoms with E-state index in [0.717, 1.165) is 14.7 Å². The number of anilines is 3. The van der Waals surface area contributed by atoms with E-state index < -0.39 is 21.9 Å². The standard InChI is InChI=1S/C15H14FN3O4S/c1-18-13-8-11(16)12(9-14(13)19(2)24(18,21)22)17-15(20)6-5-10-4-3-7-23-10/h3-9H,1-2H3,(H,17,20)/b6-5+. The summed E-state index contributed by atoms with van der Waals surface area (Å²) in [4.78, 5) is 11.9. The molecule has 0 radical (unpaired) electrons. The zero-order chi connectivity index (χ0) is 17.5. The van der Waals surface area contributed by atoms with E-state index in [4.69, 9.17) is 4.42 Å². The molecule has 7 nitrogen and oxygen atoms in total. The van der Waals surface area contributed by atoms with Gasteiger partial charge < -0.3 is 9.73 Å². The van der Waals surface area contributed by atoms with Gasteiger partial charge in [0.25, 0.3) is 0 Å². The van der Waals surface area contributed by atoms with Gasteiger partial charge in [0.2, 0.25) is 5.91 Å². The van der Waals surface area contributed by atoms with Gasteiger partial charge >= 0.3 is 10.2 Å². The number of fused-ring (bicyclic) bond motifs is 1. The van der Waals surface area contributed by atoms with Gasteiger partial charge in [-0.2, -0.15) is 8.42 Å². The number of carbonyl (C=O) groups excluding carboxylic acids is 1. The summed E-state index contributed by atoms with van der Waals surface area (Å²) in [6.07, 6.45) is 4.09. The maximum atomic E-state index is 14.2. The molecule has 2 heterocycles. The molecule has 1 aromatic heterocycles. The van der Waals surface area contributed by atoms with Gasteiger partial charge in [0, 0.05) is 26.2 Å². The molecular formula is C15H14FN3O4S. The normalized spacial score (nSPS) is 15.8. The molecule has 1 aliphatic rings. The number of hydrogen-bond acceptors (Lipinski definition) is 4. The summed E-state index contributed by atoms with van der Waals surface area (Å²) in [5, 5.41) is 2.38. The second-order valence-electron chi connectivity index (χ2n) is 5.10. The zero-order valence-corrected chi connectivity index (χ0v) is 13.7. The molecule has 9 heteroatoms. The number of benzene rings is 1. The first kappa shape index (κ1) is 16.1. The minimum absolute atomic E-state index is 0.111. The summed E-state index contributed by atoms with van der Waals surface area (Å²) in [7, 11) is -1.01. The summed E-state index contributed by atoms with van der Waals surface area (Å²) in [5.74, 6) is -0.819. The van der Waals surface area contributed by atoms with Crippen LogP contribution in [0.3, 0.4) is 0 Å². The Hall–Kier alpha value is -2.81. The van der Waals surface area contributed by atoms with Crippen molar-refractivity contribution in [1.82, 2.24) is 0 Å². The average molecular weight is 351 g/mol. The third-order valence-corrected chi connectivity index (χ3v) is 5.41. The van der Waals surface area contributed by atoms with Gasteiger partial charge in [0.1, 0.15) is 11.6 Å². The summed E-state index contributed by atoms with van der Waals surface area (Å²) in [5.41, 5.74) is 0.378. The van der Waals surface area contributed by atoms with Gasteiger partial charge in [0.05, 0.1) is 23.3 Å². The molecule has 3 rings (SSSR count). The molecule has 0 aliphatic carbocycles. The number of rotatable bonds is 3. The Morgan fingerprint density at radius 2 is 1.92 bits per heavy atom. The van der Waals surface area contributed by atoms with E-state index in [-0.39, 0.29) is 17.1 Å². The highest BCUT2D eigenvalue weighted by Crippen LogP contribution is 2.41. The minimum atomic E-state index is -3.70. The largest absolute Gasteiger partial charge is 0.465 e. The Bertz CT molecular complexity index is 922. The van der Waals surface area contributed by atoms with E-state index in [1.807, 2.05) is 0 Å².